The number of guanidine groups is 1. The average molecular weight is 774 g/mol. The topological polar surface area (TPSA) is 365 Å². The molecule has 0 aromatic heterocycles. The first kappa shape index (κ1) is 47.2. The summed E-state index contributed by atoms with van der Waals surface area (Å²) in [5.74, 6) is -5.12. The molecule has 1 rings (SSSR count). The number of nitrogens with two attached hydrogens (primary N) is 4. The molecule has 0 radical (unpaired) electrons. The number of hydrogen-bond acceptors (Lipinski definition) is 11. The molecular weight excluding hydrogens is 718 g/mol. The zero-order valence-corrected chi connectivity index (χ0v) is 30.9. The monoisotopic (exact) mass is 773 g/mol. The third kappa shape index (κ3) is 21.5. The van der Waals surface area contributed by atoms with E-state index in [0.717, 1.165) is 6.42 Å². The van der Waals surface area contributed by atoms with Crippen LogP contribution in [0, 0.1) is 0 Å². The van der Waals surface area contributed by atoms with Gasteiger partial charge in [0.1, 0.15) is 24.4 Å². The molecule has 0 aliphatic carbocycles. The molecular formula is C34H55N13O8. The van der Waals surface area contributed by atoms with Gasteiger partial charge in [0.2, 0.25) is 29.5 Å². The van der Waals surface area contributed by atoms with Crippen LogP contribution in [0.2, 0.25) is 0 Å². The van der Waals surface area contributed by atoms with Crippen LogP contribution in [0.15, 0.2) is 40.4 Å². The molecule has 21 heteroatoms. The number of aldehydes is 1. The highest BCUT2D eigenvalue weighted by molar-refractivity contribution is 5.96. The highest BCUT2D eigenvalue weighted by Gasteiger charge is 2.31. The molecule has 0 spiro atoms. The minimum atomic E-state index is -1.56. The van der Waals surface area contributed by atoms with Gasteiger partial charge in [0.25, 0.3) is 0 Å². The Morgan fingerprint density at radius 1 is 0.782 bits per heavy atom. The fourth-order valence-corrected chi connectivity index (χ4v) is 5.20. The molecule has 0 saturated carbocycles. The van der Waals surface area contributed by atoms with Crippen LogP contribution in [-0.2, 0) is 40.0 Å². The van der Waals surface area contributed by atoms with Gasteiger partial charge in [0, 0.05) is 31.0 Å². The third-order valence-electron chi connectivity index (χ3n) is 8.12. The Morgan fingerprint density at radius 3 is 2.07 bits per heavy atom. The maximum atomic E-state index is 13.8. The van der Waals surface area contributed by atoms with Gasteiger partial charge in [0.05, 0.1) is 25.0 Å². The minimum absolute atomic E-state index is 0.0600. The van der Waals surface area contributed by atoms with Gasteiger partial charge >= 0.3 is 5.97 Å². The number of carbonyl (C=O) groups excluding carboxylic acids is 6. The second kappa shape index (κ2) is 27.8. The van der Waals surface area contributed by atoms with E-state index in [1.54, 1.807) is 30.3 Å². The standard InChI is InChI=1S/C34H55N13O8/c35-20-28(49)44-27(19-29(50)51)33(55)46-26(18-22-10-3-1-4-11-22)32(54)45-25(31(53)43-23(21-48)12-9-16-41-34(37)38)14-6-8-15-40-30(52)24(36)13-5-2-7-17-42-47-39/h1,3-4,10-11,21,23-27H,2,5-9,12-20,35-36H2,(H,40,52)(H,43,53)(H,44,49)(H,45,54)(H,46,55)(H,50,51)(H4,37,38,41)/t23-,24+,25-,26+,27-/m0/s1. The van der Waals surface area contributed by atoms with E-state index >= 15 is 0 Å². The van der Waals surface area contributed by atoms with Crippen LogP contribution in [0.4, 0.5) is 0 Å². The summed E-state index contributed by atoms with van der Waals surface area (Å²) in [6, 6.07) is 2.79. The van der Waals surface area contributed by atoms with E-state index in [0.29, 0.717) is 56.9 Å². The molecule has 0 unspecified atom stereocenters. The van der Waals surface area contributed by atoms with Gasteiger partial charge in [0.15, 0.2) is 5.96 Å². The Hall–Kier alpha value is -5.79. The number of benzene rings is 1. The summed E-state index contributed by atoms with van der Waals surface area (Å²) in [7, 11) is 0. The average Bonchev–Trinajstić information content (AvgIpc) is 3.15. The molecule has 0 heterocycles. The number of rotatable bonds is 29. The second-order valence-electron chi connectivity index (χ2n) is 12.6. The van der Waals surface area contributed by atoms with Gasteiger partial charge < -0.3 is 59.4 Å². The van der Waals surface area contributed by atoms with Crippen molar-refractivity contribution in [3.05, 3.63) is 46.3 Å². The van der Waals surface area contributed by atoms with Gasteiger partial charge in [-0.25, -0.2) is 0 Å². The zero-order chi connectivity index (χ0) is 41.0. The number of nitrogens with zero attached hydrogens (tertiary/aromatic N) is 4. The van der Waals surface area contributed by atoms with E-state index in [1.807, 2.05) is 0 Å². The molecule has 0 aliphatic rings. The van der Waals surface area contributed by atoms with Gasteiger partial charge in [-0.3, -0.25) is 33.8 Å². The first-order valence-corrected chi connectivity index (χ1v) is 18.0. The second-order valence-corrected chi connectivity index (χ2v) is 12.6. The number of amides is 5. The first-order chi connectivity index (χ1) is 26.3. The lowest BCUT2D eigenvalue weighted by atomic mass is 10.0. The Labute approximate surface area is 319 Å². The van der Waals surface area contributed by atoms with Crippen molar-refractivity contribution in [2.45, 2.75) is 101 Å². The van der Waals surface area contributed by atoms with Crippen molar-refractivity contribution in [3.8, 4) is 0 Å². The number of unbranched alkanes of at least 4 members (excludes halogenated alkanes) is 3. The quantitative estimate of drug-likeness (QED) is 0.00832. The molecule has 304 valence electrons. The molecule has 0 saturated heterocycles. The molecule has 1 aromatic carbocycles. The van der Waals surface area contributed by atoms with E-state index in [9.17, 15) is 38.7 Å². The third-order valence-corrected chi connectivity index (χ3v) is 8.12. The van der Waals surface area contributed by atoms with Crippen LogP contribution < -0.4 is 49.5 Å². The first-order valence-electron chi connectivity index (χ1n) is 18.0. The number of carboxylic acids is 1. The Balaban J connectivity index is 3.11. The maximum absolute atomic E-state index is 13.8. The van der Waals surface area contributed by atoms with Crippen molar-refractivity contribution in [3.63, 3.8) is 0 Å². The number of carboxylic acid groups (broad SMARTS) is 1. The summed E-state index contributed by atoms with van der Waals surface area (Å²) in [6.07, 6.45) is 3.57. The smallest absolute Gasteiger partial charge is 0.305 e. The fraction of sp³-hybridized carbons (Fsp3) is 0.588. The predicted molar refractivity (Wildman–Crippen MR) is 202 cm³/mol. The Bertz CT molecular complexity index is 1470. The van der Waals surface area contributed by atoms with Crippen LogP contribution in [0.5, 0.6) is 0 Å². The summed E-state index contributed by atoms with van der Waals surface area (Å²) in [5.41, 5.74) is 31.0. The summed E-state index contributed by atoms with van der Waals surface area (Å²) in [4.78, 5) is 94.9. The summed E-state index contributed by atoms with van der Waals surface area (Å²) < 4.78 is 0. The molecule has 1 aromatic rings. The molecule has 5 amide bonds. The van der Waals surface area contributed by atoms with Crippen molar-refractivity contribution in [2.24, 2.45) is 33.0 Å². The van der Waals surface area contributed by atoms with Crippen molar-refractivity contribution in [1.82, 2.24) is 26.6 Å². The van der Waals surface area contributed by atoms with Crippen LogP contribution in [0.3, 0.4) is 0 Å². The van der Waals surface area contributed by atoms with E-state index in [-0.39, 0.29) is 44.2 Å². The van der Waals surface area contributed by atoms with Crippen LogP contribution in [-0.4, -0.2) is 109 Å². The zero-order valence-electron chi connectivity index (χ0n) is 30.9. The summed E-state index contributed by atoms with van der Waals surface area (Å²) in [5, 5.41) is 25.6. The Morgan fingerprint density at radius 2 is 1.44 bits per heavy atom. The van der Waals surface area contributed by atoms with E-state index in [2.05, 4.69) is 41.6 Å². The van der Waals surface area contributed by atoms with E-state index in [4.69, 9.17) is 28.5 Å². The van der Waals surface area contributed by atoms with Crippen LogP contribution in [0.1, 0.15) is 69.8 Å². The predicted octanol–water partition coefficient (Wildman–Crippen LogP) is -1.66. The van der Waals surface area contributed by atoms with Gasteiger partial charge in [-0.15, -0.1) is 0 Å². The van der Waals surface area contributed by atoms with Gasteiger partial charge in [-0.2, -0.15) is 0 Å². The number of carbonyl (C=O) groups is 7. The lowest BCUT2D eigenvalue weighted by molar-refractivity contribution is -0.141. The Kier molecular flexibility index (Phi) is 23.8. The SMILES string of the molecule is [N-]=[N+]=NCCCCC[C@@H](N)C(=O)NCCCC[C@H](NC(=O)[C@@H](Cc1ccccc1)NC(=O)[C@H](CC(=O)O)NC(=O)CN)C(=O)N[C@H](C=O)CCCN=C(N)N. The van der Waals surface area contributed by atoms with Crippen molar-refractivity contribution >= 4 is 47.8 Å². The highest BCUT2D eigenvalue weighted by atomic mass is 16.4. The van der Waals surface area contributed by atoms with Crippen molar-refractivity contribution < 1.29 is 38.7 Å². The number of aliphatic imine (C=N–C) groups is 1. The van der Waals surface area contributed by atoms with Gasteiger partial charge in [-0.1, -0.05) is 48.3 Å². The number of azide groups is 1. The number of nitrogens with one attached hydrogen (secondary N) is 5. The summed E-state index contributed by atoms with van der Waals surface area (Å²) in [6.45, 7) is 0.295. The molecule has 0 fully saturated rings. The number of aliphatic carboxylic acids is 1. The van der Waals surface area contributed by atoms with Crippen LogP contribution >= 0.6 is 0 Å². The number of hydrogen-bond donors (Lipinski definition) is 10. The van der Waals surface area contributed by atoms with Crippen LogP contribution in [0.25, 0.3) is 10.4 Å². The molecule has 14 N–H and O–H groups in total. The van der Waals surface area contributed by atoms with Crippen molar-refractivity contribution in [1.29, 1.82) is 0 Å². The maximum Gasteiger partial charge on any atom is 0.305 e. The van der Waals surface area contributed by atoms with Gasteiger partial charge in [-0.05, 0) is 56.0 Å². The lowest BCUT2D eigenvalue weighted by Gasteiger charge is -2.26. The van der Waals surface area contributed by atoms with E-state index in [1.165, 1.54) is 0 Å². The fourth-order valence-electron chi connectivity index (χ4n) is 5.20. The molecule has 0 aliphatic heterocycles. The lowest BCUT2D eigenvalue weighted by Crippen LogP contribution is -2.58. The molecule has 0 bridgehead atoms. The molecule has 55 heavy (non-hydrogen) atoms. The van der Waals surface area contributed by atoms with E-state index < -0.39 is 72.8 Å². The summed E-state index contributed by atoms with van der Waals surface area (Å²) >= 11 is 0. The minimum Gasteiger partial charge on any atom is -0.481 e. The molecule has 21 nitrogen and oxygen atoms in total. The van der Waals surface area contributed by atoms with Crippen molar-refractivity contribution in [2.75, 3.05) is 26.2 Å². The molecule has 5 atom stereocenters. The highest BCUT2D eigenvalue weighted by Crippen LogP contribution is 2.09. The largest absolute Gasteiger partial charge is 0.481 e. The normalized spacial score (nSPS) is 13.3.